The van der Waals surface area contributed by atoms with E-state index in [2.05, 4.69) is 22.4 Å². The minimum absolute atomic E-state index is 0.647. The lowest BCUT2D eigenvalue weighted by Crippen LogP contribution is -2.06. The number of rotatable bonds is 0. The minimum Gasteiger partial charge on any atom is -0.380 e. The third-order valence-electron chi connectivity index (χ3n) is 2.34. The first-order valence-electron chi connectivity index (χ1n) is 4.43. The standard InChI is InChI=1S/C10H9N3S/c11-10-13-9-6-3-1-2-4-7(6)12-5-8(9)14-10/h1-4,12H,5H2,(H2,11,13). The van der Waals surface area contributed by atoms with Gasteiger partial charge < -0.3 is 11.1 Å². The van der Waals surface area contributed by atoms with Gasteiger partial charge in [0.25, 0.3) is 0 Å². The monoisotopic (exact) mass is 203 g/mol. The Morgan fingerprint density at radius 3 is 3.14 bits per heavy atom. The number of nitrogens with zero attached hydrogens (tertiary/aromatic N) is 1. The summed E-state index contributed by atoms with van der Waals surface area (Å²) in [5.74, 6) is 0. The zero-order valence-corrected chi connectivity index (χ0v) is 8.27. The van der Waals surface area contributed by atoms with Crippen molar-refractivity contribution in [3.8, 4) is 11.3 Å². The lowest BCUT2D eigenvalue weighted by molar-refractivity contribution is 1.15. The van der Waals surface area contributed by atoms with E-state index in [9.17, 15) is 0 Å². The molecule has 0 atom stereocenters. The van der Waals surface area contributed by atoms with Crippen LogP contribution in [-0.4, -0.2) is 4.98 Å². The van der Waals surface area contributed by atoms with Crippen LogP contribution in [0.5, 0.6) is 0 Å². The number of thiazole rings is 1. The summed E-state index contributed by atoms with van der Waals surface area (Å²) in [6.07, 6.45) is 0. The molecule has 0 saturated heterocycles. The molecule has 0 saturated carbocycles. The van der Waals surface area contributed by atoms with Crippen molar-refractivity contribution < 1.29 is 0 Å². The highest BCUT2D eigenvalue weighted by atomic mass is 32.1. The zero-order chi connectivity index (χ0) is 9.54. The van der Waals surface area contributed by atoms with Gasteiger partial charge in [0.1, 0.15) is 0 Å². The highest BCUT2D eigenvalue weighted by Gasteiger charge is 2.18. The number of benzene rings is 1. The van der Waals surface area contributed by atoms with Gasteiger partial charge in [-0.05, 0) is 6.07 Å². The van der Waals surface area contributed by atoms with E-state index in [1.807, 2.05) is 12.1 Å². The first-order valence-corrected chi connectivity index (χ1v) is 5.25. The maximum absolute atomic E-state index is 5.70. The number of nitrogens with two attached hydrogens (primary N) is 1. The summed E-state index contributed by atoms with van der Waals surface area (Å²) < 4.78 is 0. The summed E-state index contributed by atoms with van der Waals surface area (Å²) in [6, 6.07) is 8.17. The fourth-order valence-electron chi connectivity index (χ4n) is 1.72. The van der Waals surface area contributed by atoms with Crippen molar-refractivity contribution in [1.82, 2.24) is 4.98 Å². The second-order valence-corrected chi connectivity index (χ2v) is 4.34. The number of nitrogens with one attached hydrogen (secondary N) is 1. The molecule has 3 nitrogen and oxygen atoms in total. The van der Waals surface area contributed by atoms with Crippen molar-refractivity contribution in [2.45, 2.75) is 6.54 Å². The Bertz CT molecular complexity index is 490. The molecule has 1 aliphatic rings. The molecule has 4 heteroatoms. The molecule has 0 radical (unpaired) electrons. The van der Waals surface area contributed by atoms with Crippen LogP contribution in [0.3, 0.4) is 0 Å². The molecule has 1 aromatic carbocycles. The molecular weight excluding hydrogens is 194 g/mol. The van der Waals surface area contributed by atoms with E-state index in [1.165, 1.54) is 4.88 Å². The topological polar surface area (TPSA) is 50.9 Å². The highest BCUT2D eigenvalue weighted by Crippen LogP contribution is 2.38. The fraction of sp³-hybridized carbons (Fsp3) is 0.100. The van der Waals surface area contributed by atoms with Crippen LogP contribution in [0.2, 0.25) is 0 Å². The molecule has 3 rings (SSSR count). The Morgan fingerprint density at radius 1 is 1.36 bits per heavy atom. The van der Waals surface area contributed by atoms with Gasteiger partial charge in [0.05, 0.1) is 17.1 Å². The lowest BCUT2D eigenvalue weighted by Gasteiger charge is -2.16. The Hall–Kier alpha value is -1.55. The highest BCUT2D eigenvalue weighted by molar-refractivity contribution is 7.15. The predicted molar refractivity (Wildman–Crippen MR) is 59.3 cm³/mol. The molecule has 70 valence electrons. The molecule has 0 unspecified atom stereocenters. The first-order chi connectivity index (χ1) is 6.84. The van der Waals surface area contributed by atoms with E-state index < -0.39 is 0 Å². The van der Waals surface area contributed by atoms with Gasteiger partial charge >= 0.3 is 0 Å². The van der Waals surface area contributed by atoms with Crippen molar-refractivity contribution in [1.29, 1.82) is 0 Å². The normalized spacial score (nSPS) is 12.9. The molecule has 0 spiro atoms. The van der Waals surface area contributed by atoms with Crippen molar-refractivity contribution in [2.24, 2.45) is 0 Å². The largest absolute Gasteiger partial charge is 0.380 e. The van der Waals surface area contributed by atoms with Crippen LogP contribution in [0.4, 0.5) is 10.8 Å². The van der Waals surface area contributed by atoms with E-state index in [0.29, 0.717) is 5.13 Å². The Kier molecular flexibility index (Phi) is 1.52. The fourth-order valence-corrected chi connectivity index (χ4v) is 2.51. The SMILES string of the molecule is Nc1nc2c(s1)CNc1ccccc1-2. The number of hydrogen-bond donors (Lipinski definition) is 2. The number of anilines is 2. The summed E-state index contributed by atoms with van der Waals surface area (Å²) >= 11 is 1.56. The van der Waals surface area contributed by atoms with Crippen LogP contribution in [0.25, 0.3) is 11.3 Å². The van der Waals surface area contributed by atoms with E-state index in [-0.39, 0.29) is 0 Å². The quantitative estimate of drug-likeness (QED) is 0.690. The van der Waals surface area contributed by atoms with E-state index in [1.54, 1.807) is 11.3 Å². The van der Waals surface area contributed by atoms with Gasteiger partial charge in [-0.25, -0.2) is 4.98 Å². The predicted octanol–water partition coefficient (Wildman–Crippen LogP) is 2.32. The number of aromatic nitrogens is 1. The number of nitrogen functional groups attached to an aromatic ring is 1. The molecule has 2 aromatic rings. The Labute approximate surface area is 85.6 Å². The van der Waals surface area contributed by atoms with Crippen LogP contribution in [0.15, 0.2) is 24.3 Å². The van der Waals surface area contributed by atoms with Crippen molar-refractivity contribution in [3.63, 3.8) is 0 Å². The molecule has 14 heavy (non-hydrogen) atoms. The van der Waals surface area contributed by atoms with E-state index >= 15 is 0 Å². The summed E-state index contributed by atoms with van der Waals surface area (Å²) in [5.41, 5.74) is 9.04. The second-order valence-electron chi connectivity index (χ2n) is 3.22. The molecular formula is C10H9N3S. The Morgan fingerprint density at radius 2 is 2.21 bits per heavy atom. The molecule has 0 fully saturated rings. The van der Waals surface area contributed by atoms with Gasteiger partial charge in [-0.15, -0.1) is 0 Å². The van der Waals surface area contributed by atoms with E-state index in [4.69, 9.17) is 5.73 Å². The summed E-state index contributed by atoms with van der Waals surface area (Å²) in [4.78, 5) is 5.57. The number of para-hydroxylation sites is 1. The van der Waals surface area contributed by atoms with Crippen molar-refractivity contribution >= 4 is 22.2 Å². The molecule has 1 aromatic heterocycles. The molecule has 3 N–H and O–H groups in total. The number of hydrogen-bond acceptors (Lipinski definition) is 4. The molecule has 0 bridgehead atoms. The van der Waals surface area contributed by atoms with Gasteiger partial charge in [-0.2, -0.15) is 0 Å². The van der Waals surface area contributed by atoms with E-state index in [0.717, 1.165) is 23.5 Å². The number of fused-ring (bicyclic) bond motifs is 3. The summed E-state index contributed by atoms with van der Waals surface area (Å²) in [6.45, 7) is 0.835. The van der Waals surface area contributed by atoms with Crippen LogP contribution in [0, 0.1) is 0 Å². The molecule has 2 heterocycles. The molecule has 0 aliphatic carbocycles. The first kappa shape index (κ1) is 7.82. The van der Waals surface area contributed by atoms with Gasteiger partial charge in [-0.1, -0.05) is 29.5 Å². The summed E-state index contributed by atoms with van der Waals surface area (Å²) in [5, 5.41) is 3.99. The maximum Gasteiger partial charge on any atom is 0.180 e. The van der Waals surface area contributed by atoms with Gasteiger partial charge in [0.2, 0.25) is 0 Å². The van der Waals surface area contributed by atoms with Crippen LogP contribution >= 0.6 is 11.3 Å². The average molecular weight is 203 g/mol. The van der Waals surface area contributed by atoms with Gasteiger partial charge in [-0.3, -0.25) is 0 Å². The smallest absolute Gasteiger partial charge is 0.180 e. The lowest BCUT2D eigenvalue weighted by atomic mass is 10.1. The Balaban J connectivity index is 2.28. The average Bonchev–Trinajstić information content (AvgIpc) is 2.59. The van der Waals surface area contributed by atoms with Crippen LogP contribution in [-0.2, 0) is 6.54 Å². The minimum atomic E-state index is 0.647. The third-order valence-corrected chi connectivity index (χ3v) is 3.22. The van der Waals surface area contributed by atoms with Crippen molar-refractivity contribution in [2.75, 3.05) is 11.1 Å². The second kappa shape index (κ2) is 2.72. The maximum atomic E-state index is 5.70. The summed E-state index contributed by atoms with van der Waals surface area (Å²) in [7, 11) is 0. The zero-order valence-electron chi connectivity index (χ0n) is 7.45. The molecule has 0 amide bonds. The van der Waals surface area contributed by atoms with Crippen LogP contribution in [0.1, 0.15) is 4.88 Å². The van der Waals surface area contributed by atoms with Gasteiger partial charge in [0.15, 0.2) is 5.13 Å². The molecule has 1 aliphatic heterocycles. The van der Waals surface area contributed by atoms with Gasteiger partial charge in [0, 0.05) is 11.3 Å². The van der Waals surface area contributed by atoms with Crippen LogP contribution < -0.4 is 11.1 Å². The van der Waals surface area contributed by atoms with Crippen molar-refractivity contribution in [3.05, 3.63) is 29.1 Å². The third kappa shape index (κ3) is 1.01.